The van der Waals surface area contributed by atoms with Crippen molar-refractivity contribution in [1.29, 1.82) is 5.26 Å². The first-order valence-electron chi connectivity index (χ1n) is 6.15. The molecule has 8 heteroatoms. The minimum Gasteiger partial charge on any atom is -0.285 e. The van der Waals surface area contributed by atoms with E-state index in [0.29, 0.717) is 16.4 Å². The molecule has 3 aromatic rings. The molecule has 0 aromatic carbocycles. The Bertz CT molecular complexity index is 915. The normalized spacial score (nSPS) is 10.9. The summed E-state index contributed by atoms with van der Waals surface area (Å²) in [4.78, 5) is 21.4. The van der Waals surface area contributed by atoms with Crippen LogP contribution in [0.5, 0.6) is 0 Å². The van der Waals surface area contributed by atoms with E-state index >= 15 is 0 Å². The molecule has 0 bridgehead atoms. The van der Waals surface area contributed by atoms with Gasteiger partial charge in [-0.2, -0.15) is 14.9 Å². The van der Waals surface area contributed by atoms with E-state index in [2.05, 4.69) is 35.0 Å². The van der Waals surface area contributed by atoms with Gasteiger partial charge in [-0.05, 0) is 25.5 Å². The highest BCUT2D eigenvalue weighted by Gasteiger charge is 2.11. The first-order valence-corrected chi connectivity index (χ1v) is 7.95. The Morgan fingerprint density at radius 2 is 2.33 bits per heavy atom. The number of thiophene rings is 1. The molecular weight excluding hydrogens is 306 g/mol. The molecule has 0 unspecified atom stereocenters. The summed E-state index contributed by atoms with van der Waals surface area (Å²) in [5, 5.41) is 13.3. The Morgan fingerprint density at radius 1 is 1.52 bits per heavy atom. The minimum absolute atomic E-state index is 0.293. The number of aromatic nitrogens is 4. The van der Waals surface area contributed by atoms with Gasteiger partial charge in [-0.15, -0.1) is 11.3 Å². The van der Waals surface area contributed by atoms with Crippen LogP contribution in [0.2, 0.25) is 0 Å². The SMILES string of the molecule is Cc1cc(CSc2nc3c(C#N)cnn3c(=O)[nH]2)c(C)s1. The van der Waals surface area contributed by atoms with Crippen molar-refractivity contribution in [3.63, 3.8) is 0 Å². The third-order valence-electron chi connectivity index (χ3n) is 2.99. The average Bonchev–Trinajstić information content (AvgIpc) is 2.99. The molecule has 0 saturated heterocycles. The standard InChI is InChI=1S/C13H11N5OS2/c1-7-3-9(8(2)21-7)6-20-12-16-11-10(4-14)5-15-18(11)13(19)17-12/h3,5H,6H2,1-2H3,(H,16,17,19). The number of hydrogen-bond acceptors (Lipinski definition) is 6. The molecule has 0 saturated carbocycles. The number of nitrogens with one attached hydrogen (secondary N) is 1. The van der Waals surface area contributed by atoms with Gasteiger partial charge in [0.25, 0.3) is 0 Å². The van der Waals surface area contributed by atoms with E-state index in [0.717, 1.165) is 10.3 Å². The topological polar surface area (TPSA) is 86.8 Å². The average molecular weight is 317 g/mol. The molecule has 6 nitrogen and oxygen atoms in total. The summed E-state index contributed by atoms with van der Waals surface area (Å²) in [5.74, 6) is 0.727. The van der Waals surface area contributed by atoms with Gasteiger partial charge in [-0.3, -0.25) is 4.98 Å². The zero-order valence-corrected chi connectivity index (χ0v) is 13.0. The molecule has 0 atom stereocenters. The number of hydrogen-bond donors (Lipinski definition) is 1. The number of thioether (sulfide) groups is 1. The molecule has 0 aliphatic carbocycles. The first-order chi connectivity index (χ1) is 10.1. The molecule has 106 valence electrons. The van der Waals surface area contributed by atoms with Crippen LogP contribution in [0.1, 0.15) is 20.9 Å². The van der Waals surface area contributed by atoms with Gasteiger partial charge in [-0.1, -0.05) is 11.8 Å². The van der Waals surface area contributed by atoms with Crippen LogP contribution in [-0.4, -0.2) is 19.6 Å². The van der Waals surface area contributed by atoms with E-state index in [1.165, 1.54) is 33.3 Å². The molecule has 0 spiro atoms. The summed E-state index contributed by atoms with van der Waals surface area (Å²) < 4.78 is 1.10. The lowest BCUT2D eigenvalue weighted by Gasteiger charge is -2.01. The zero-order valence-electron chi connectivity index (χ0n) is 11.4. The summed E-state index contributed by atoms with van der Waals surface area (Å²) >= 11 is 3.20. The summed E-state index contributed by atoms with van der Waals surface area (Å²) in [6.45, 7) is 4.15. The van der Waals surface area contributed by atoms with E-state index in [-0.39, 0.29) is 5.69 Å². The quantitative estimate of drug-likeness (QED) is 0.749. The van der Waals surface area contributed by atoms with Crippen LogP contribution >= 0.6 is 23.1 Å². The van der Waals surface area contributed by atoms with Crippen LogP contribution in [0.3, 0.4) is 0 Å². The van der Waals surface area contributed by atoms with Crippen LogP contribution < -0.4 is 5.69 Å². The molecule has 0 fully saturated rings. The number of aromatic amines is 1. The van der Waals surface area contributed by atoms with E-state index in [1.807, 2.05) is 6.07 Å². The highest BCUT2D eigenvalue weighted by Crippen LogP contribution is 2.26. The van der Waals surface area contributed by atoms with Crippen LogP contribution in [0.25, 0.3) is 5.65 Å². The fraction of sp³-hybridized carbons (Fsp3) is 0.231. The molecule has 0 amide bonds. The Kier molecular flexibility index (Phi) is 3.53. The first kappa shape index (κ1) is 13.9. The molecule has 3 heterocycles. The van der Waals surface area contributed by atoms with Gasteiger partial charge >= 0.3 is 5.69 Å². The summed E-state index contributed by atoms with van der Waals surface area (Å²) in [5.41, 5.74) is 1.44. The highest BCUT2D eigenvalue weighted by atomic mass is 32.2. The lowest BCUT2D eigenvalue weighted by molar-refractivity contribution is 0.786. The molecule has 21 heavy (non-hydrogen) atoms. The summed E-state index contributed by atoms with van der Waals surface area (Å²) in [6.07, 6.45) is 1.35. The van der Waals surface area contributed by atoms with Crippen LogP contribution in [-0.2, 0) is 5.75 Å². The smallest absolute Gasteiger partial charge is 0.285 e. The van der Waals surface area contributed by atoms with Crippen molar-refractivity contribution in [2.24, 2.45) is 0 Å². The Hall–Kier alpha value is -2.11. The lowest BCUT2D eigenvalue weighted by Crippen LogP contribution is -2.19. The van der Waals surface area contributed by atoms with Gasteiger partial charge in [0.05, 0.1) is 6.20 Å². The van der Waals surface area contributed by atoms with Crippen molar-refractivity contribution in [3.8, 4) is 6.07 Å². The molecular formula is C13H11N5OS2. The Labute approximate surface area is 128 Å². The van der Waals surface area contributed by atoms with Crippen molar-refractivity contribution in [2.45, 2.75) is 24.8 Å². The number of rotatable bonds is 3. The maximum absolute atomic E-state index is 11.9. The van der Waals surface area contributed by atoms with Gasteiger partial charge in [0.15, 0.2) is 10.8 Å². The van der Waals surface area contributed by atoms with Crippen molar-refractivity contribution in [3.05, 3.63) is 43.6 Å². The Morgan fingerprint density at radius 3 is 3.00 bits per heavy atom. The molecule has 0 aliphatic rings. The predicted molar refractivity (Wildman–Crippen MR) is 81.7 cm³/mol. The minimum atomic E-state index is -0.387. The third kappa shape index (κ3) is 2.57. The molecule has 0 aliphatic heterocycles. The summed E-state index contributed by atoms with van der Waals surface area (Å²) in [7, 11) is 0. The lowest BCUT2D eigenvalue weighted by atomic mass is 10.3. The number of aryl methyl sites for hydroxylation is 2. The number of H-pyrrole nitrogens is 1. The van der Waals surface area contributed by atoms with Gasteiger partial charge in [-0.25, -0.2) is 9.78 Å². The second kappa shape index (κ2) is 5.35. The number of fused-ring (bicyclic) bond motifs is 1. The third-order valence-corrected chi connectivity index (χ3v) is 4.92. The maximum Gasteiger partial charge on any atom is 0.350 e. The fourth-order valence-electron chi connectivity index (χ4n) is 1.99. The van der Waals surface area contributed by atoms with Crippen LogP contribution in [0.4, 0.5) is 0 Å². The number of nitriles is 1. The van der Waals surface area contributed by atoms with Gasteiger partial charge in [0.2, 0.25) is 0 Å². The van der Waals surface area contributed by atoms with E-state index in [1.54, 1.807) is 11.3 Å². The molecule has 1 N–H and O–H groups in total. The second-order valence-corrected chi connectivity index (χ2v) is 6.90. The van der Waals surface area contributed by atoms with Crippen molar-refractivity contribution in [1.82, 2.24) is 19.6 Å². The van der Waals surface area contributed by atoms with Gasteiger partial charge in [0.1, 0.15) is 11.6 Å². The van der Waals surface area contributed by atoms with Crippen LogP contribution in [0, 0.1) is 25.2 Å². The van der Waals surface area contributed by atoms with Crippen molar-refractivity contribution < 1.29 is 0 Å². The molecule has 3 rings (SSSR count). The fourth-order valence-corrected chi connectivity index (χ4v) is 3.93. The summed E-state index contributed by atoms with van der Waals surface area (Å²) in [6, 6.07) is 4.13. The predicted octanol–water partition coefficient (Wildman–Crippen LogP) is 2.26. The monoisotopic (exact) mass is 317 g/mol. The molecule has 3 aromatic heterocycles. The van der Waals surface area contributed by atoms with Gasteiger partial charge < -0.3 is 0 Å². The number of nitrogens with zero attached hydrogens (tertiary/aromatic N) is 4. The van der Waals surface area contributed by atoms with E-state index < -0.39 is 0 Å². The maximum atomic E-state index is 11.9. The van der Waals surface area contributed by atoms with E-state index in [9.17, 15) is 4.79 Å². The zero-order chi connectivity index (χ0) is 15.0. The largest absolute Gasteiger partial charge is 0.350 e. The highest BCUT2D eigenvalue weighted by molar-refractivity contribution is 7.98. The second-order valence-electron chi connectivity index (χ2n) is 4.48. The van der Waals surface area contributed by atoms with Crippen molar-refractivity contribution in [2.75, 3.05) is 0 Å². The van der Waals surface area contributed by atoms with Gasteiger partial charge in [0, 0.05) is 15.5 Å². The van der Waals surface area contributed by atoms with E-state index in [4.69, 9.17) is 5.26 Å². The van der Waals surface area contributed by atoms with Crippen molar-refractivity contribution >= 4 is 28.7 Å². The Balaban J connectivity index is 1.92. The molecule has 0 radical (unpaired) electrons. The van der Waals surface area contributed by atoms with Crippen LogP contribution in [0.15, 0.2) is 22.2 Å².